The average Bonchev–Trinajstić information content (AvgIpc) is 3.08. The van der Waals surface area contributed by atoms with Crippen molar-refractivity contribution >= 4 is 12.1 Å². The average molecular weight is 471 g/mol. The van der Waals surface area contributed by atoms with Gasteiger partial charge in [0, 0.05) is 16.6 Å². The van der Waals surface area contributed by atoms with Gasteiger partial charge in [-0.25, -0.2) is 0 Å². The zero-order valence-corrected chi connectivity index (χ0v) is 21.8. The minimum absolute atomic E-state index is 0.104. The van der Waals surface area contributed by atoms with E-state index in [-0.39, 0.29) is 15.6 Å². The van der Waals surface area contributed by atoms with Gasteiger partial charge in [-0.1, -0.05) is 40.5 Å². The van der Waals surface area contributed by atoms with Gasteiger partial charge >= 0.3 is 0 Å². The van der Waals surface area contributed by atoms with Crippen molar-refractivity contribution in [3.05, 3.63) is 0 Å². The van der Waals surface area contributed by atoms with Crippen molar-refractivity contribution in [1.82, 2.24) is 0 Å². The lowest BCUT2D eigenvalue weighted by molar-refractivity contribution is -0.264. The molecule has 0 radical (unpaired) electrons. The fourth-order valence-corrected chi connectivity index (χ4v) is 10.1. The Kier molecular flexibility index (Phi) is 6.85. The topological polar surface area (TPSA) is 60.7 Å². The summed E-state index contributed by atoms with van der Waals surface area (Å²) in [7, 11) is 0. The molecule has 32 heavy (non-hydrogen) atoms. The minimum Gasteiger partial charge on any atom is -0.393 e. The van der Waals surface area contributed by atoms with Gasteiger partial charge in [0.25, 0.3) is 0 Å². The van der Waals surface area contributed by atoms with Gasteiger partial charge in [0.05, 0.1) is 30.0 Å². The Bertz CT molecular complexity index is 690. The molecular formula is C27H47FO3S. The first-order chi connectivity index (χ1) is 14.9. The molecule has 186 valence electrons. The number of aliphatic hydroxyl groups is 3. The molecule has 3 nitrogen and oxygen atoms in total. The van der Waals surface area contributed by atoms with Crippen LogP contribution in [0.2, 0.25) is 0 Å². The molecule has 10 atom stereocenters. The van der Waals surface area contributed by atoms with E-state index in [1.807, 2.05) is 0 Å². The molecule has 4 rings (SSSR count). The van der Waals surface area contributed by atoms with Gasteiger partial charge in [-0.3, -0.25) is 0 Å². The van der Waals surface area contributed by atoms with Crippen LogP contribution < -0.4 is 0 Å². The van der Waals surface area contributed by atoms with Crippen molar-refractivity contribution in [1.29, 1.82) is 0 Å². The first-order valence-electron chi connectivity index (χ1n) is 13.3. The third kappa shape index (κ3) is 3.71. The maximum Gasteiger partial charge on any atom is 0.0985 e. The highest BCUT2D eigenvalue weighted by Crippen LogP contribution is 2.70. The highest BCUT2D eigenvalue weighted by molar-refractivity contribution is 7.95. The normalized spacial score (nSPS) is 50.4. The predicted octanol–water partition coefficient (Wildman–Crippen LogP) is 6.29. The van der Waals surface area contributed by atoms with E-state index >= 15 is 0 Å². The fraction of sp³-hybridized carbons (Fsp3) is 1.00. The maximum absolute atomic E-state index is 14.5. The number of halogens is 1. The Balaban J connectivity index is 1.58. The second-order valence-corrected chi connectivity index (χ2v) is 14.3. The number of aliphatic hydroxyl groups excluding tert-OH is 2. The van der Waals surface area contributed by atoms with Gasteiger partial charge in [0.2, 0.25) is 0 Å². The molecule has 0 aromatic heterocycles. The molecule has 0 bridgehead atoms. The van der Waals surface area contributed by atoms with Crippen LogP contribution in [0, 0.1) is 40.4 Å². The lowest BCUT2D eigenvalue weighted by Gasteiger charge is -2.65. The first-order valence-corrected chi connectivity index (χ1v) is 14.0. The molecule has 0 aliphatic heterocycles. The van der Waals surface area contributed by atoms with E-state index in [1.165, 1.54) is 0 Å². The number of rotatable bonds is 6. The molecule has 0 spiro atoms. The third-order valence-electron chi connectivity index (χ3n) is 11.2. The van der Waals surface area contributed by atoms with Crippen LogP contribution in [0.15, 0.2) is 0 Å². The van der Waals surface area contributed by atoms with E-state index in [4.69, 9.17) is 0 Å². The van der Waals surface area contributed by atoms with Crippen LogP contribution in [0.25, 0.3) is 0 Å². The Morgan fingerprint density at radius 3 is 2.44 bits per heavy atom. The minimum atomic E-state index is -1.18. The van der Waals surface area contributed by atoms with E-state index in [9.17, 15) is 19.2 Å². The van der Waals surface area contributed by atoms with Crippen LogP contribution in [-0.4, -0.2) is 37.9 Å². The van der Waals surface area contributed by atoms with Gasteiger partial charge in [0.1, 0.15) is 0 Å². The largest absolute Gasteiger partial charge is 0.393 e. The van der Waals surface area contributed by atoms with Crippen LogP contribution in [-0.2, 0) is 0 Å². The molecule has 5 unspecified atom stereocenters. The zero-order valence-electron chi connectivity index (χ0n) is 20.9. The van der Waals surface area contributed by atoms with Crippen LogP contribution in [0.3, 0.4) is 0 Å². The summed E-state index contributed by atoms with van der Waals surface area (Å²) in [4.78, 5) is 0. The molecule has 4 fully saturated rings. The quantitative estimate of drug-likeness (QED) is 0.427. The van der Waals surface area contributed by atoms with Gasteiger partial charge in [-0.15, -0.1) is 0 Å². The monoisotopic (exact) mass is 470 g/mol. The Morgan fingerprint density at radius 1 is 1.06 bits per heavy atom. The van der Waals surface area contributed by atoms with E-state index in [1.54, 1.807) is 0 Å². The van der Waals surface area contributed by atoms with E-state index < -0.39 is 17.8 Å². The van der Waals surface area contributed by atoms with Crippen LogP contribution >= 0.6 is 12.1 Å². The number of fused-ring (bicyclic) bond motifs is 5. The molecule has 4 aliphatic carbocycles. The van der Waals surface area contributed by atoms with E-state index in [0.29, 0.717) is 61.0 Å². The number of hydrogen-bond acceptors (Lipinski definition) is 4. The van der Waals surface area contributed by atoms with E-state index in [0.717, 1.165) is 51.4 Å². The molecule has 0 aromatic rings. The Labute approximate surface area is 199 Å². The molecule has 3 N–H and O–H groups in total. The Morgan fingerprint density at radius 2 is 1.78 bits per heavy atom. The fourth-order valence-electron chi connectivity index (χ4n) is 9.39. The lowest BCUT2D eigenvalue weighted by Crippen LogP contribution is -2.68. The van der Waals surface area contributed by atoms with E-state index in [2.05, 4.69) is 34.6 Å². The molecule has 0 aromatic carbocycles. The van der Waals surface area contributed by atoms with Crippen molar-refractivity contribution in [3.63, 3.8) is 0 Å². The second-order valence-electron chi connectivity index (χ2n) is 13.2. The van der Waals surface area contributed by atoms with Crippen LogP contribution in [0.4, 0.5) is 3.89 Å². The van der Waals surface area contributed by atoms with Gasteiger partial charge in [-0.05, 0) is 93.3 Å². The SMILES string of the molecule is CC(C)CCCC(C)(SF)C1CCC2C3C[C@@H](O)[C@@]4(O)C[C@@H](O)CC[C@]4(C)C3CC[C@@]21C. The number of hydrogen-bond donors (Lipinski definition) is 3. The molecule has 0 saturated heterocycles. The summed E-state index contributed by atoms with van der Waals surface area (Å²) < 4.78 is 14.2. The molecule has 0 amide bonds. The van der Waals surface area contributed by atoms with Crippen molar-refractivity contribution in [2.45, 2.75) is 128 Å². The van der Waals surface area contributed by atoms with Crippen LogP contribution in [0.5, 0.6) is 0 Å². The van der Waals surface area contributed by atoms with Crippen molar-refractivity contribution < 1.29 is 19.2 Å². The van der Waals surface area contributed by atoms with Crippen LogP contribution in [0.1, 0.15) is 105 Å². The van der Waals surface area contributed by atoms with Gasteiger partial charge in [0.15, 0.2) is 0 Å². The molecule has 0 heterocycles. The first kappa shape index (κ1) is 25.3. The molecular weight excluding hydrogens is 423 g/mol. The molecule has 4 aliphatic rings. The summed E-state index contributed by atoms with van der Waals surface area (Å²) in [5.74, 6) is 2.28. The summed E-state index contributed by atoms with van der Waals surface area (Å²) >= 11 is 0.605. The smallest absolute Gasteiger partial charge is 0.0985 e. The maximum atomic E-state index is 14.5. The van der Waals surface area contributed by atoms with Crippen molar-refractivity contribution in [2.75, 3.05) is 0 Å². The standard InChI is InChI=1S/C27H47FO3S/c1-17(2)7-6-12-26(5,32-28)22-9-8-20-19-15-23(30)27(31)16-18(29)10-14-25(27,4)21(19)11-13-24(20,22)3/h17-23,29-31H,6-16H2,1-5H3/t18-,19?,20?,21?,22?,23+,24-,25+,26?,27-/m0/s1. The summed E-state index contributed by atoms with van der Waals surface area (Å²) in [5, 5.41) is 33.1. The lowest BCUT2D eigenvalue weighted by atomic mass is 9.42. The predicted molar refractivity (Wildman–Crippen MR) is 130 cm³/mol. The summed E-state index contributed by atoms with van der Waals surface area (Å²) in [5.41, 5.74) is -1.42. The van der Waals surface area contributed by atoms with Crippen molar-refractivity contribution in [2.24, 2.45) is 40.4 Å². The van der Waals surface area contributed by atoms with Gasteiger partial charge < -0.3 is 15.3 Å². The molecule has 4 saturated carbocycles. The highest BCUT2D eigenvalue weighted by Gasteiger charge is 2.68. The highest BCUT2D eigenvalue weighted by atomic mass is 32.2. The molecule has 5 heteroatoms. The summed E-state index contributed by atoms with van der Waals surface area (Å²) in [6.45, 7) is 11.3. The third-order valence-corrected chi connectivity index (χ3v) is 12.0. The summed E-state index contributed by atoms with van der Waals surface area (Å²) in [6, 6.07) is 0. The van der Waals surface area contributed by atoms with Crippen molar-refractivity contribution in [3.8, 4) is 0 Å². The summed E-state index contributed by atoms with van der Waals surface area (Å²) in [6.07, 6.45) is 8.64. The van der Waals surface area contributed by atoms with Gasteiger partial charge in [-0.2, -0.15) is 3.89 Å². The zero-order chi connectivity index (χ0) is 23.5. The second kappa shape index (κ2) is 8.68. The Hall–Kier alpha value is 0.160.